The fourth-order valence-corrected chi connectivity index (χ4v) is 3.26. The molecule has 0 spiro atoms. The van der Waals surface area contributed by atoms with Gasteiger partial charge in [-0.05, 0) is 12.0 Å². The number of hydrogen-bond acceptors (Lipinski definition) is 7. The molecule has 4 rings (SSSR count). The van der Waals surface area contributed by atoms with Gasteiger partial charge in [0.1, 0.15) is 35.8 Å². The molecular weight excluding hydrogens is 336 g/mol. The third kappa shape index (κ3) is 2.67. The highest BCUT2D eigenvalue weighted by molar-refractivity contribution is 5.87. The molecule has 1 aliphatic rings. The Bertz CT molecular complexity index is 911. The van der Waals surface area contributed by atoms with E-state index >= 15 is 0 Å². The van der Waals surface area contributed by atoms with Crippen LogP contribution in [0.25, 0.3) is 22.4 Å². The van der Waals surface area contributed by atoms with Crippen LogP contribution in [-0.2, 0) is 11.2 Å². The van der Waals surface area contributed by atoms with Gasteiger partial charge in [-0.2, -0.15) is 0 Å². The van der Waals surface area contributed by atoms with Gasteiger partial charge in [-0.3, -0.25) is 4.57 Å². The Morgan fingerprint density at radius 3 is 2.50 bits per heavy atom. The van der Waals surface area contributed by atoms with E-state index in [4.69, 9.17) is 4.74 Å². The summed E-state index contributed by atoms with van der Waals surface area (Å²) in [5.74, 6) is 0. The molecule has 2 aromatic heterocycles. The van der Waals surface area contributed by atoms with Crippen LogP contribution < -0.4 is 0 Å². The first-order valence-electron chi connectivity index (χ1n) is 8.53. The Morgan fingerprint density at radius 1 is 1.08 bits per heavy atom. The van der Waals surface area contributed by atoms with Crippen molar-refractivity contribution >= 4 is 11.2 Å². The molecule has 8 heteroatoms. The number of rotatable bonds is 4. The van der Waals surface area contributed by atoms with Gasteiger partial charge in [0.05, 0.1) is 12.9 Å². The van der Waals surface area contributed by atoms with Gasteiger partial charge in [0, 0.05) is 5.56 Å². The van der Waals surface area contributed by atoms with Crippen LogP contribution in [0.2, 0.25) is 0 Å². The van der Waals surface area contributed by atoms with E-state index in [0.717, 1.165) is 12.0 Å². The highest BCUT2D eigenvalue weighted by atomic mass is 16.6. The Balaban J connectivity index is 1.76. The van der Waals surface area contributed by atoms with E-state index in [1.807, 2.05) is 24.3 Å². The molecule has 0 bridgehead atoms. The highest BCUT2D eigenvalue weighted by Gasteiger charge is 2.44. The number of aryl methyl sites for hydroxylation is 1. The Kier molecular flexibility index (Phi) is 4.41. The number of hydrogen-bond donors (Lipinski definition) is 3. The predicted octanol–water partition coefficient (Wildman–Crippen LogP) is 0.667. The van der Waals surface area contributed by atoms with Crippen molar-refractivity contribution in [3.63, 3.8) is 0 Å². The van der Waals surface area contributed by atoms with Gasteiger partial charge >= 0.3 is 0 Å². The molecule has 0 amide bonds. The third-order valence-electron chi connectivity index (χ3n) is 4.79. The van der Waals surface area contributed by atoms with E-state index in [0.29, 0.717) is 16.9 Å². The van der Waals surface area contributed by atoms with Gasteiger partial charge in [0.25, 0.3) is 0 Å². The van der Waals surface area contributed by atoms with E-state index in [9.17, 15) is 15.3 Å². The summed E-state index contributed by atoms with van der Waals surface area (Å²) in [5.41, 5.74) is 3.90. The number of ether oxygens (including phenoxy) is 1. The van der Waals surface area contributed by atoms with Crippen molar-refractivity contribution in [2.75, 3.05) is 6.61 Å². The summed E-state index contributed by atoms with van der Waals surface area (Å²) in [6.07, 6.45) is -0.196. The molecule has 1 saturated heterocycles. The Morgan fingerprint density at radius 2 is 1.85 bits per heavy atom. The Labute approximate surface area is 149 Å². The maximum absolute atomic E-state index is 10.3. The van der Waals surface area contributed by atoms with Crippen LogP contribution in [0.1, 0.15) is 18.7 Å². The van der Waals surface area contributed by atoms with Gasteiger partial charge in [-0.25, -0.2) is 15.0 Å². The first-order chi connectivity index (χ1) is 12.6. The van der Waals surface area contributed by atoms with Crippen LogP contribution in [0.3, 0.4) is 0 Å². The molecule has 1 aromatic carbocycles. The highest BCUT2D eigenvalue weighted by Crippen LogP contribution is 2.33. The zero-order chi connectivity index (χ0) is 18.3. The van der Waals surface area contributed by atoms with Crippen molar-refractivity contribution in [3.8, 4) is 11.3 Å². The third-order valence-corrected chi connectivity index (χ3v) is 4.79. The van der Waals surface area contributed by atoms with E-state index < -0.39 is 24.5 Å². The number of aromatic nitrogens is 4. The number of imidazole rings is 1. The smallest absolute Gasteiger partial charge is 0.166 e. The second-order valence-corrected chi connectivity index (χ2v) is 6.33. The van der Waals surface area contributed by atoms with Crippen LogP contribution in [0, 0.1) is 0 Å². The molecule has 3 aromatic rings. The maximum atomic E-state index is 10.3. The van der Waals surface area contributed by atoms with Gasteiger partial charge in [-0.15, -0.1) is 0 Å². The lowest BCUT2D eigenvalue weighted by atomic mass is 10.1. The molecular formula is C18H20N4O4. The second kappa shape index (κ2) is 6.73. The summed E-state index contributed by atoms with van der Waals surface area (Å²) < 4.78 is 7.14. The fraction of sp³-hybridized carbons (Fsp3) is 0.389. The SMILES string of the molecule is CCc1ccc(-c2ncnc3c2ncn3[C@@H]2O[C@H](CO)[C@@H](O)[C@H]2O)cc1. The molecule has 4 atom stereocenters. The minimum atomic E-state index is -1.19. The molecule has 0 saturated carbocycles. The normalized spacial score (nSPS) is 25.8. The maximum Gasteiger partial charge on any atom is 0.166 e. The minimum Gasteiger partial charge on any atom is -0.394 e. The largest absolute Gasteiger partial charge is 0.394 e. The summed E-state index contributed by atoms with van der Waals surface area (Å²) >= 11 is 0. The van der Waals surface area contributed by atoms with Crippen LogP contribution in [0.5, 0.6) is 0 Å². The fourth-order valence-electron chi connectivity index (χ4n) is 3.26. The first-order valence-corrected chi connectivity index (χ1v) is 8.53. The molecule has 3 heterocycles. The molecule has 26 heavy (non-hydrogen) atoms. The van der Waals surface area contributed by atoms with Gasteiger partial charge in [-0.1, -0.05) is 31.2 Å². The van der Waals surface area contributed by atoms with Crippen molar-refractivity contribution in [3.05, 3.63) is 42.5 Å². The summed E-state index contributed by atoms with van der Waals surface area (Å²) in [4.78, 5) is 13.0. The number of nitrogens with zero attached hydrogens (tertiary/aromatic N) is 4. The molecule has 0 radical (unpaired) electrons. The molecule has 1 aliphatic heterocycles. The summed E-state index contributed by atoms with van der Waals surface area (Å²) in [6, 6.07) is 8.08. The molecule has 0 aliphatic carbocycles. The zero-order valence-corrected chi connectivity index (χ0v) is 14.2. The molecule has 136 valence electrons. The average Bonchev–Trinajstić information content (AvgIpc) is 3.23. The van der Waals surface area contributed by atoms with Gasteiger partial charge < -0.3 is 20.1 Å². The van der Waals surface area contributed by atoms with Crippen LogP contribution in [0.4, 0.5) is 0 Å². The summed E-state index contributed by atoms with van der Waals surface area (Å²) in [5, 5.41) is 29.5. The molecule has 1 fully saturated rings. The van der Waals surface area contributed by atoms with Crippen LogP contribution >= 0.6 is 0 Å². The average molecular weight is 356 g/mol. The van der Waals surface area contributed by atoms with Crippen molar-refractivity contribution in [1.82, 2.24) is 19.5 Å². The number of fused-ring (bicyclic) bond motifs is 1. The quantitative estimate of drug-likeness (QED) is 0.629. The van der Waals surface area contributed by atoms with Crippen molar-refractivity contribution in [2.45, 2.75) is 37.9 Å². The van der Waals surface area contributed by atoms with Crippen molar-refractivity contribution < 1.29 is 20.1 Å². The van der Waals surface area contributed by atoms with E-state index in [1.165, 1.54) is 18.2 Å². The van der Waals surface area contributed by atoms with E-state index in [2.05, 4.69) is 21.9 Å². The zero-order valence-electron chi connectivity index (χ0n) is 14.2. The monoisotopic (exact) mass is 356 g/mol. The van der Waals surface area contributed by atoms with Gasteiger partial charge in [0.2, 0.25) is 0 Å². The lowest BCUT2D eigenvalue weighted by Crippen LogP contribution is -2.33. The number of benzene rings is 1. The second-order valence-electron chi connectivity index (χ2n) is 6.33. The molecule has 0 unspecified atom stereocenters. The van der Waals surface area contributed by atoms with Crippen LogP contribution in [0.15, 0.2) is 36.9 Å². The minimum absolute atomic E-state index is 0.384. The first kappa shape index (κ1) is 17.0. The number of aliphatic hydroxyl groups excluding tert-OH is 3. The Hall–Kier alpha value is -2.39. The molecule has 8 nitrogen and oxygen atoms in total. The standard InChI is InChI=1S/C18H20N4O4/c1-2-10-3-5-11(6-4-10)13-14-17(20-8-19-13)22(9-21-14)18-16(25)15(24)12(7-23)26-18/h3-6,8-9,12,15-16,18,23-25H,2,7H2,1H3/t12-,15-,16-,18-/m1/s1. The molecule has 3 N–H and O–H groups in total. The predicted molar refractivity (Wildman–Crippen MR) is 93.1 cm³/mol. The lowest BCUT2D eigenvalue weighted by Gasteiger charge is -2.16. The summed E-state index contributed by atoms with van der Waals surface area (Å²) in [7, 11) is 0. The van der Waals surface area contributed by atoms with Crippen LogP contribution in [-0.4, -0.2) is 59.8 Å². The van der Waals surface area contributed by atoms with Crippen molar-refractivity contribution in [1.29, 1.82) is 0 Å². The lowest BCUT2D eigenvalue weighted by molar-refractivity contribution is -0.0511. The van der Waals surface area contributed by atoms with E-state index in [1.54, 1.807) is 4.57 Å². The number of aliphatic hydroxyl groups is 3. The summed E-state index contributed by atoms with van der Waals surface area (Å²) in [6.45, 7) is 1.71. The topological polar surface area (TPSA) is 114 Å². The van der Waals surface area contributed by atoms with Gasteiger partial charge in [0.15, 0.2) is 11.9 Å². The van der Waals surface area contributed by atoms with E-state index in [-0.39, 0.29) is 6.61 Å². The van der Waals surface area contributed by atoms with Crippen molar-refractivity contribution in [2.24, 2.45) is 0 Å².